The van der Waals surface area contributed by atoms with Gasteiger partial charge in [-0.3, -0.25) is 9.69 Å². The molecular weight excluding hydrogens is 330 g/mol. The van der Waals surface area contributed by atoms with Gasteiger partial charge in [0, 0.05) is 30.7 Å². The van der Waals surface area contributed by atoms with Gasteiger partial charge < -0.3 is 9.88 Å². The monoisotopic (exact) mass is 355 g/mol. The molecule has 0 bridgehead atoms. The van der Waals surface area contributed by atoms with Crippen molar-refractivity contribution in [3.8, 4) is 0 Å². The maximum absolute atomic E-state index is 12.8. The van der Waals surface area contributed by atoms with Gasteiger partial charge in [-0.15, -0.1) is 0 Å². The van der Waals surface area contributed by atoms with Crippen LogP contribution in [0.25, 0.3) is 10.9 Å². The summed E-state index contributed by atoms with van der Waals surface area (Å²) in [6, 6.07) is 10.4. The third-order valence-corrected chi connectivity index (χ3v) is 5.48. The molecule has 1 amide bonds. The number of carbonyl (C=O) groups excluding carboxylic acids is 1. The Labute approximate surface area is 153 Å². The number of hydrogen-bond acceptors (Lipinski definition) is 3. The molecule has 2 aromatic heterocycles. The fraction of sp³-hybridized carbons (Fsp3) is 0.350. The summed E-state index contributed by atoms with van der Waals surface area (Å²) in [7, 11) is 1.98. The molecule has 5 heteroatoms. The molecule has 0 spiro atoms. The number of nitrogens with one attached hydrogen (secondary N) is 1. The van der Waals surface area contributed by atoms with Gasteiger partial charge in [0.15, 0.2) is 0 Å². The van der Waals surface area contributed by atoms with E-state index in [2.05, 4.69) is 40.9 Å². The minimum atomic E-state index is -0.0100. The number of aryl methyl sites for hydroxylation is 1. The smallest absolute Gasteiger partial charge is 0.253 e. The second kappa shape index (κ2) is 7.85. The van der Waals surface area contributed by atoms with Crippen molar-refractivity contribution in [3.63, 3.8) is 0 Å². The quantitative estimate of drug-likeness (QED) is 0.694. The Morgan fingerprint density at radius 1 is 1.24 bits per heavy atom. The first-order valence-corrected chi connectivity index (χ1v) is 9.68. The molecule has 3 rings (SSSR count). The van der Waals surface area contributed by atoms with Crippen LogP contribution >= 0.6 is 11.3 Å². The van der Waals surface area contributed by atoms with Crippen molar-refractivity contribution >= 4 is 28.1 Å². The zero-order valence-electron chi connectivity index (χ0n) is 15.0. The van der Waals surface area contributed by atoms with Crippen molar-refractivity contribution < 1.29 is 4.79 Å². The van der Waals surface area contributed by atoms with Crippen molar-refractivity contribution in [3.05, 3.63) is 58.4 Å². The molecule has 0 fully saturated rings. The van der Waals surface area contributed by atoms with Crippen molar-refractivity contribution in [1.82, 2.24) is 14.8 Å². The Kier molecular flexibility index (Phi) is 5.56. The van der Waals surface area contributed by atoms with E-state index in [9.17, 15) is 4.79 Å². The molecule has 0 aliphatic heterocycles. The largest absolute Gasteiger partial charge is 0.350 e. The summed E-state index contributed by atoms with van der Waals surface area (Å²) >= 11 is 1.70. The van der Waals surface area contributed by atoms with E-state index in [1.54, 1.807) is 11.3 Å². The molecule has 25 heavy (non-hydrogen) atoms. The van der Waals surface area contributed by atoms with E-state index < -0.39 is 0 Å². The van der Waals surface area contributed by atoms with E-state index in [0.717, 1.165) is 29.6 Å². The Balaban J connectivity index is 1.79. The van der Waals surface area contributed by atoms with E-state index in [1.807, 2.05) is 42.1 Å². The molecule has 0 saturated carbocycles. The predicted molar refractivity (Wildman–Crippen MR) is 105 cm³/mol. The Bertz CT molecular complexity index is 834. The summed E-state index contributed by atoms with van der Waals surface area (Å²) in [5.74, 6) is -0.0100. The Morgan fingerprint density at radius 3 is 2.68 bits per heavy atom. The van der Waals surface area contributed by atoms with Crippen LogP contribution in [0.3, 0.4) is 0 Å². The van der Waals surface area contributed by atoms with E-state index >= 15 is 0 Å². The number of fused-ring (bicyclic) bond motifs is 1. The number of nitrogens with zero attached hydrogens (tertiary/aromatic N) is 2. The van der Waals surface area contributed by atoms with Gasteiger partial charge in [0.2, 0.25) is 0 Å². The first kappa shape index (κ1) is 17.7. The summed E-state index contributed by atoms with van der Waals surface area (Å²) in [4.78, 5) is 15.2. The Morgan fingerprint density at radius 2 is 2.00 bits per heavy atom. The van der Waals surface area contributed by atoms with Gasteiger partial charge in [0.05, 0.1) is 11.6 Å². The van der Waals surface area contributed by atoms with Crippen LogP contribution < -0.4 is 5.32 Å². The summed E-state index contributed by atoms with van der Waals surface area (Å²) < 4.78 is 2.00. The molecule has 1 atom stereocenters. The van der Waals surface area contributed by atoms with E-state index in [0.29, 0.717) is 6.54 Å². The molecule has 0 radical (unpaired) electrons. The highest BCUT2D eigenvalue weighted by molar-refractivity contribution is 7.07. The van der Waals surface area contributed by atoms with Crippen LogP contribution in [0.2, 0.25) is 0 Å². The molecular formula is C20H25N3OS. The van der Waals surface area contributed by atoms with Crippen LogP contribution in [0, 0.1) is 0 Å². The van der Waals surface area contributed by atoms with Crippen LogP contribution in [0.5, 0.6) is 0 Å². The summed E-state index contributed by atoms with van der Waals surface area (Å²) in [6.07, 6.45) is 1.91. The van der Waals surface area contributed by atoms with Crippen LogP contribution in [0.1, 0.15) is 35.8 Å². The maximum atomic E-state index is 12.8. The molecule has 0 unspecified atom stereocenters. The van der Waals surface area contributed by atoms with Gasteiger partial charge in [-0.05, 0) is 41.5 Å². The average molecular weight is 356 g/mol. The molecule has 132 valence electrons. The first-order valence-electron chi connectivity index (χ1n) is 8.74. The first-order chi connectivity index (χ1) is 12.2. The number of rotatable bonds is 7. The third kappa shape index (κ3) is 3.62. The van der Waals surface area contributed by atoms with Gasteiger partial charge >= 0.3 is 0 Å². The lowest BCUT2D eigenvalue weighted by atomic mass is 10.1. The summed E-state index contributed by atoms with van der Waals surface area (Å²) in [5, 5.41) is 8.42. The highest BCUT2D eigenvalue weighted by atomic mass is 32.1. The van der Waals surface area contributed by atoms with Gasteiger partial charge in [-0.1, -0.05) is 32.0 Å². The number of likely N-dealkylation sites (N-methyl/N-ethyl adjacent to an activating group) is 1. The highest BCUT2D eigenvalue weighted by Crippen LogP contribution is 2.23. The van der Waals surface area contributed by atoms with Crippen molar-refractivity contribution in [2.24, 2.45) is 7.05 Å². The normalized spacial score (nSPS) is 12.6. The van der Waals surface area contributed by atoms with Gasteiger partial charge in [-0.25, -0.2) is 0 Å². The fourth-order valence-corrected chi connectivity index (χ4v) is 4.10. The van der Waals surface area contributed by atoms with Crippen LogP contribution in [0.4, 0.5) is 0 Å². The lowest BCUT2D eigenvalue weighted by Crippen LogP contribution is -2.37. The van der Waals surface area contributed by atoms with Gasteiger partial charge in [0.1, 0.15) is 0 Å². The molecule has 1 aromatic carbocycles. The lowest BCUT2D eigenvalue weighted by Gasteiger charge is -2.29. The molecule has 1 N–H and O–H groups in total. The molecule has 0 saturated heterocycles. The number of thiophene rings is 1. The fourth-order valence-electron chi connectivity index (χ4n) is 3.39. The maximum Gasteiger partial charge on any atom is 0.253 e. The number of benzene rings is 1. The number of para-hydroxylation sites is 1. The van der Waals surface area contributed by atoms with Crippen molar-refractivity contribution in [2.75, 3.05) is 19.6 Å². The van der Waals surface area contributed by atoms with Crippen LogP contribution in [-0.2, 0) is 7.05 Å². The average Bonchev–Trinajstić information content (AvgIpc) is 3.27. The second-order valence-corrected chi connectivity index (χ2v) is 6.95. The predicted octanol–water partition coefficient (Wildman–Crippen LogP) is 4.05. The van der Waals surface area contributed by atoms with E-state index in [4.69, 9.17) is 0 Å². The molecule has 0 aliphatic rings. The number of aromatic nitrogens is 1. The topological polar surface area (TPSA) is 37.3 Å². The number of amides is 1. The molecule has 4 nitrogen and oxygen atoms in total. The standard InChI is InChI=1S/C20H25N3OS/c1-4-23(5-2)19(15-10-11-25-14-15)12-21-20(24)17-13-22(3)18-9-7-6-8-16(17)18/h6-11,13-14,19H,4-5,12H2,1-3H3,(H,21,24)/t19-/m1/s1. The zero-order chi connectivity index (χ0) is 17.8. The number of carbonyl (C=O) groups is 1. The van der Waals surface area contributed by atoms with Gasteiger partial charge in [0.25, 0.3) is 5.91 Å². The van der Waals surface area contributed by atoms with Crippen LogP contribution in [-0.4, -0.2) is 35.0 Å². The molecule has 3 aromatic rings. The second-order valence-electron chi connectivity index (χ2n) is 6.17. The summed E-state index contributed by atoms with van der Waals surface area (Å²) in [5.41, 5.74) is 3.08. The Hall–Kier alpha value is -2.11. The minimum absolute atomic E-state index is 0.0100. The summed E-state index contributed by atoms with van der Waals surface area (Å²) in [6.45, 7) is 6.85. The number of hydrogen-bond donors (Lipinski definition) is 1. The van der Waals surface area contributed by atoms with Crippen LogP contribution in [0.15, 0.2) is 47.3 Å². The third-order valence-electron chi connectivity index (χ3n) is 4.78. The minimum Gasteiger partial charge on any atom is -0.350 e. The SMILES string of the molecule is CCN(CC)[C@H](CNC(=O)c1cn(C)c2ccccc12)c1ccsc1. The molecule has 0 aliphatic carbocycles. The van der Waals surface area contributed by atoms with E-state index in [1.165, 1.54) is 5.56 Å². The highest BCUT2D eigenvalue weighted by Gasteiger charge is 2.20. The van der Waals surface area contributed by atoms with E-state index in [-0.39, 0.29) is 11.9 Å². The van der Waals surface area contributed by atoms with Crippen molar-refractivity contribution in [1.29, 1.82) is 0 Å². The zero-order valence-corrected chi connectivity index (χ0v) is 15.8. The molecule has 2 heterocycles. The van der Waals surface area contributed by atoms with Crippen molar-refractivity contribution in [2.45, 2.75) is 19.9 Å². The lowest BCUT2D eigenvalue weighted by molar-refractivity contribution is 0.0936. The van der Waals surface area contributed by atoms with Gasteiger partial charge in [-0.2, -0.15) is 11.3 Å².